The van der Waals surface area contributed by atoms with Crippen LogP contribution in [0.15, 0.2) is 22.7 Å². The Bertz CT molecular complexity index is 539. The van der Waals surface area contributed by atoms with Crippen molar-refractivity contribution in [2.75, 3.05) is 26.8 Å². The van der Waals surface area contributed by atoms with Gasteiger partial charge in [0.1, 0.15) is 5.75 Å². The Hall–Kier alpha value is -1.56. The molecule has 1 aromatic rings. The van der Waals surface area contributed by atoms with Gasteiger partial charge >= 0.3 is 5.97 Å². The van der Waals surface area contributed by atoms with Gasteiger partial charge in [-0.05, 0) is 47.0 Å². The second-order valence-electron chi connectivity index (χ2n) is 5.22. The first-order valence-corrected chi connectivity index (χ1v) is 8.19. The van der Waals surface area contributed by atoms with E-state index in [0.717, 1.165) is 25.9 Å². The summed E-state index contributed by atoms with van der Waals surface area (Å²) in [5, 5.41) is 0. The molecule has 5 nitrogen and oxygen atoms in total. The van der Waals surface area contributed by atoms with Crippen LogP contribution < -0.4 is 4.74 Å². The highest BCUT2D eigenvalue weighted by Crippen LogP contribution is 2.26. The minimum absolute atomic E-state index is 0.00541. The third kappa shape index (κ3) is 4.47. The van der Waals surface area contributed by atoms with E-state index >= 15 is 0 Å². The summed E-state index contributed by atoms with van der Waals surface area (Å²) in [5.74, 6) is 0.134. The molecule has 0 bridgehead atoms. The molecule has 120 valence electrons. The van der Waals surface area contributed by atoms with E-state index in [0.29, 0.717) is 15.8 Å². The average molecular weight is 370 g/mol. The molecular weight excluding hydrogens is 350 g/mol. The lowest BCUT2D eigenvalue weighted by molar-refractivity contribution is -0.133. The fraction of sp³-hybridized carbons (Fsp3) is 0.500. The monoisotopic (exact) mass is 369 g/mol. The van der Waals surface area contributed by atoms with E-state index in [2.05, 4.69) is 20.7 Å². The number of hydrogen-bond acceptors (Lipinski definition) is 4. The lowest BCUT2D eigenvalue weighted by atomic mass is 10.2. The standard InChI is InChI=1S/C16H20BrNO4/c1-21-16(20)12-6-7-14(13(17)10-12)22-11-15(19)18-8-4-2-3-5-9-18/h6-7,10H,2-5,8-9,11H2,1H3. The van der Waals surface area contributed by atoms with Crippen molar-refractivity contribution >= 4 is 27.8 Å². The van der Waals surface area contributed by atoms with Gasteiger partial charge in [0.2, 0.25) is 0 Å². The number of likely N-dealkylation sites (tertiary alicyclic amines) is 1. The third-order valence-electron chi connectivity index (χ3n) is 3.66. The zero-order valence-corrected chi connectivity index (χ0v) is 14.2. The molecule has 0 spiro atoms. The molecule has 0 saturated carbocycles. The molecule has 0 radical (unpaired) electrons. The molecule has 0 unspecified atom stereocenters. The second-order valence-corrected chi connectivity index (χ2v) is 6.07. The van der Waals surface area contributed by atoms with Gasteiger partial charge in [-0.15, -0.1) is 0 Å². The summed E-state index contributed by atoms with van der Waals surface area (Å²) in [6.45, 7) is 1.63. The summed E-state index contributed by atoms with van der Waals surface area (Å²) >= 11 is 3.35. The van der Waals surface area contributed by atoms with E-state index in [1.807, 2.05) is 4.90 Å². The minimum Gasteiger partial charge on any atom is -0.483 e. The molecule has 0 aliphatic carbocycles. The van der Waals surface area contributed by atoms with Crippen molar-refractivity contribution in [1.29, 1.82) is 0 Å². The van der Waals surface area contributed by atoms with E-state index in [1.165, 1.54) is 20.0 Å². The van der Waals surface area contributed by atoms with Gasteiger partial charge in [0, 0.05) is 13.1 Å². The van der Waals surface area contributed by atoms with Gasteiger partial charge in [-0.3, -0.25) is 4.79 Å². The van der Waals surface area contributed by atoms with Crippen molar-refractivity contribution in [3.8, 4) is 5.75 Å². The number of hydrogen-bond donors (Lipinski definition) is 0. The number of benzene rings is 1. The van der Waals surface area contributed by atoms with Crippen LogP contribution >= 0.6 is 15.9 Å². The normalized spacial score (nSPS) is 15.1. The van der Waals surface area contributed by atoms with Gasteiger partial charge in [0.05, 0.1) is 17.1 Å². The van der Waals surface area contributed by atoms with Crippen LogP contribution in [0, 0.1) is 0 Å². The largest absolute Gasteiger partial charge is 0.483 e. The van der Waals surface area contributed by atoms with Gasteiger partial charge in [0.25, 0.3) is 5.91 Å². The molecule has 1 amide bonds. The summed E-state index contributed by atoms with van der Waals surface area (Å²) < 4.78 is 10.9. The molecule has 1 aliphatic heterocycles. The molecule has 0 atom stereocenters. The van der Waals surface area contributed by atoms with Crippen LogP contribution in [-0.2, 0) is 9.53 Å². The molecule has 2 rings (SSSR count). The number of esters is 1. The number of halogens is 1. The Morgan fingerprint density at radius 3 is 2.45 bits per heavy atom. The minimum atomic E-state index is -0.409. The Morgan fingerprint density at radius 1 is 1.18 bits per heavy atom. The Kier molecular flexibility index (Phi) is 6.24. The van der Waals surface area contributed by atoms with Gasteiger partial charge in [0.15, 0.2) is 6.61 Å². The quantitative estimate of drug-likeness (QED) is 0.765. The SMILES string of the molecule is COC(=O)c1ccc(OCC(=O)N2CCCCCC2)c(Br)c1. The summed E-state index contributed by atoms with van der Waals surface area (Å²) in [6.07, 6.45) is 4.49. The summed E-state index contributed by atoms with van der Waals surface area (Å²) in [6, 6.07) is 4.89. The van der Waals surface area contributed by atoms with Gasteiger partial charge in [-0.25, -0.2) is 4.79 Å². The zero-order valence-electron chi connectivity index (χ0n) is 12.6. The van der Waals surface area contributed by atoms with Gasteiger partial charge in [-0.1, -0.05) is 12.8 Å². The fourth-order valence-corrected chi connectivity index (χ4v) is 2.91. The smallest absolute Gasteiger partial charge is 0.337 e. The Morgan fingerprint density at radius 2 is 1.86 bits per heavy atom. The summed E-state index contributed by atoms with van der Waals surface area (Å²) in [7, 11) is 1.33. The highest BCUT2D eigenvalue weighted by atomic mass is 79.9. The fourth-order valence-electron chi connectivity index (χ4n) is 2.41. The summed E-state index contributed by atoms with van der Waals surface area (Å²) in [5.41, 5.74) is 0.431. The number of methoxy groups -OCH3 is 1. The molecule has 1 aromatic carbocycles. The number of carbonyl (C=O) groups excluding carboxylic acids is 2. The molecular formula is C16H20BrNO4. The van der Waals surface area contributed by atoms with Crippen molar-refractivity contribution in [2.45, 2.75) is 25.7 Å². The maximum Gasteiger partial charge on any atom is 0.337 e. The summed E-state index contributed by atoms with van der Waals surface area (Å²) in [4.78, 5) is 25.5. The number of ether oxygens (including phenoxy) is 2. The van der Waals surface area contributed by atoms with Gasteiger partial charge in [-0.2, -0.15) is 0 Å². The molecule has 1 heterocycles. The van der Waals surface area contributed by atoms with E-state index in [4.69, 9.17) is 4.74 Å². The van der Waals surface area contributed by atoms with Crippen molar-refractivity contribution < 1.29 is 19.1 Å². The van der Waals surface area contributed by atoms with Crippen LogP contribution in [0.5, 0.6) is 5.75 Å². The first-order valence-electron chi connectivity index (χ1n) is 7.40. The van der Waals surface area contributed by atoms with E-state index < -0.39 is 5.97 Å². The third-order valence-corrected chi connectivity index (χ3v) is 4.28. The highest BCUT2D eigenvalue weighted by molar-refractivity contribution is 9.10. The van der Waals surface area contributed by atoms with Crippen LogP contribution in [0.2, 0.25) is 0 Å². The van der Waals surface area contributed by atoms with E-state index in [-0.39, 0.29) is 12.5 Å². The van der Waals surface area contributed by atoms with E-state index in [9.17, 15) is 9.59 Å². The first kappa shape index (κ1) is 16.8. The molecule has 1 aliphatic rings. The molecule has 6 heteroatoms. The van der Waals surface area contributed by atoms with Crippen LogP contribution in [0.25, 0.3) is 0 Å². The van der Waals surface area contributed by atoms with Crippen molar-refractivity contribution in [1.82, 2.24) is 4.90 Å². The molecule has 1 fully saturated rings. The Labute approximate surface area is 138 Å². The average Bonchev–Trinajstić information content (AvgIpc) is 2.81. The highest BCUT2D eigenvalue weighted by Gasteiger charge is 2.17. The first-order chi connectivity index (χ1) is 10.6. The zero-order chi connectivity index (χ0) is 15.9. The Balaban J connectivity index is 1.93. The van der Waals surface area contributed by atoms with Gasteiger partial charge < -0.3 is 14.4 Å². The van der Waals surface area contributed by atoms with Crippen LogP contribution in [-0.4, -0.2) is 43.6 Å². The van der Waals surface area contributed by atoms with Crippen molar-refractivity contribution in [2.24, 2.45) is 0 Å². The predicted molar refractivity (Wildman–Crippen MR) is 86.0 cm³/mol. The van der Waals surface area contributed by atoms with Crippen LogP contribution in [0.4, 0.5) is 0 Å². The van der Waals surface area contributed by atoms with Crippen LogP contribution in [0.3, 0.4) is 0 Å². The van der Waals surface area contributed by atoms with E-state index in [1.54, 1.807) is 18.2 Å². The topological polar surface area (TPSA) is 55.8 Å². The van der Waals surface area contributed by atoms with Crippen molar-refractivity contribution in [3.63, 3.8) is 0 Å². The molecule has 0 aromatic heterocycles. The molecule has 1 saturated heterocycles. The number of nitrogens with zero attached hydrogens (tertiary/aromatic N) is 1. The molecule has 0 N–H and O–H groups in total. The number of carbonyl (C=O) groups is 2. The molecule has 22 heavy (non-hydrogen) atoms. The van der Waals surface area contributed by atoms with Crippen LogP contribution in [0.1, 0.15) is 36.0 Å². The second kappa shape index (κ2) is 8.17. The predicted octanol–water partition coefficient (Wildman–Crippen LogP) is 3.02. The number of amides is 1. The maximum absolute atomic E-state index is 12.2. The number of rotatable bonds is 4. The lowest BCUT2D eigenvalue weighted by Crippen LogP contribution is -2.35. The van der Waals surface area contributed by atoms with Crippen molar-refractivity contribution in [3.05, 3.63) is 28.2 Å². The maximum atomic E-state index is 12.2. The lowest BCUT2D eigenvalue weighted by Gasteiger charge is -2.20.